The van der Waals surface area contributed by atoms with Gasteiger partial charge in [0.1, 0.15) is 5.75 Å². The third-order valence-corrected chi connectivity index (χ3v) is 6.56. The number of methoxy groups -OCH3 is 2. The molecule has 4 atom stereocenters. The van der Waals surface area contributed by atoms with E-state index in [1.807, 2.05) is 24.3 Å². The van der Waals surface area contributed by atoms with Gasteiger partial charge >= 0.3 is 5.97 Å². The first kappa shape index (κ1) is 20.6. The van der Waals surface area contributed by atoms with E-state index in [1.165, 1.54) is 12.7 Å². The van der Waals surface area contributed by atoms with Gasteiger partial charge in [-0.25, -0.2) is 0 Å². The number of hydrogen-bond donors (Lipinski definition) is 2. The zero-order valence-electron chi connectivity index (χ0n) is 16.9. The second-order valence-corrected chi connectivity index (χ2v) is 8.27. The van der Waals surface area contributed by atoms with E-state index in [-0.39, 0.29) is 11.9 Å². The second-order valence-electron chi connectivity index (χ2n) is 8.27. The van der Waals surface area contributed by atoms with Gasteiger partial charge < -0.3 is 19.9 Å². The molecule has 2 saturated carbocycles. The van der Waals surface area contributed by atoms with Crippen molar-refractivity contribution in [3.8, 4) is 5.75 Å². The Morgan fingerprint density at radius 2 is 1.86 bits per heavy atom. The smallest absolute Gasteiger partial charge is 0.309 e. The number of carbonyl (C=O) groups is 2. The van der Waals surface area contributed by atoms with Crippen LogP contribution >= 0.6 is 0 Å². The third kappa shape index (κ3) is 4.32. The molecule has 0 aliphatic heterocycles. The van der Waals surface area contributed by atoms with E-state index >= 15 is 0 Å². The molecule has 1 aromatic carbocycles. The van der Waals surface area contributed by atoms with Crippen LogP contribution in [0, 0.1) is 11.3 Å². The lowest BCUT2D eigenvalue weighted by molar-refractivity contribution is -0.149. The van der Waals surface area contributed by atoms with Gasteiger partial charge in [0.25, 0.3) is 0 Å². The van der Waals surface area contributed by atoms with Crippen molar-refractivity contribution in [2.45, 2.75) is 63.5 Å². The first-order chi connectivity index (χ1) is 13.4. The fraction of sp³-hybridized carbons (Fsp3) is 0.636. The minimum Gasteiger partial charge on any atom is -0.497 e. The molecule has 6 nitrogen and oxygen atoms in total. The maximum atomic E-state index is 13.2. The molecular formula is C22H31NO5. The van der Waals surface area contributed by atoms with E-state index in [9.17, 15) is 14.7 Å². The molecule has 0 bridgehead atoms. The number of carboxylic acid groups (broad SMARTS) is 1. The lowest BCUT2D eigenvalue weighted by atomic mass is 9.75. The maximum Gasteiger partial charge on any atom is 0.309 e. The quantitative estimate of drug-likeness (QED) is 0.677. The molecular weight excluding hydrogens is 358 g/mol. The van der Waals surface area contributed by atoms with E-state index in [4.69, 9.17) is 9.47 Å². The summed E-state index contributed by atoms with van der Waals surface area (Å²) in [6.07, 6.45) is 4.27. The number of nitrogens with one attached hydrogen (secondary N) is 1. The standard InChI is InChI=1S/C22H31NO5/c1-14(27-2)18(20(24)25)13-22(10-4-5-11-22)21(26)23-19-12-17(19)15-6-8-16(28-3)9-7-15/h6-9,14,17-19H,4-5,10-13H2,1-3H3,(H,23,26)(H,24,25)/t14?,17-,18?,19+/m0/s1. The first-order valence-corrected chi connectivity index (χ1v) is 10.1. The van der Waals surface area contributed by atoms with E-state index < -0.39 is 23.4 Å². The first-order valence-electron chi connectivity index (χ1n) is 10.1. The number of aliphatic carboxylic acids is 1. The second kappa shape index (κ2) is 8.52. The van der Waals surface area contributed by atoms with Gasteiger partial charge in [0, 0.05) is 19.1 Å². The van der Waals surface area contributed by atoms with Gasteiger partial charge in [0.15, 0.2) is 0 Å². The number of benzene rings is 1. The van der Waals surface area contributed by atoms with Crippen molar-refractivity contribution < 1.29 is 24.2 Å². The van der Waals surface area contributed by atoms with Crippen LogP contribution in [-0.2, 0) is 14.3 Å². The molecule has 3 rings (SSSR count). The molecule has 2 aliphatic rings. The van der Waals surface area contributed by atoms with E-state index in [0.717, 1.165) is 37.9 Å². The molecule has 2 unspecified atom stereocenters. The van der Waals surface area contributed by atoms with E-state index in [1.54, 1.807) is 14.0 Å². The highest BCUT2D eigenvalue weighted by atomic mass is 16.5. The van der Waals surface area contributed by atoms with Gasteiger partial charge in [-0.3, -0.25) is 9.59 Å². The summed E-state index contributed by atoms with van der Waals surface area (Å²) in [5, 5.41) is 12.8. The zero-order valence-corrected chi connectivity index (χ0v) is 16.9. The van der Waals surface area contributed by atoms with Gasteiger partial charge in [-0.2, -0.15) is 0 Å². The van der Waals surface area contributed by atoms with E-state index in [0.29, 0.717) is 12.3 Å². The predicted octanol–water partition coefficient (Wildman–Crippen LogP) is 3.35. The van der Waals surface area contributed by atoms with Crippen LogP contribution in [0.25, 0.3) is 0 Å². The van der Waals surface area contributed by atoms with Gasteiger partial charge in [-0.1, -0.05) is 25.0 Å². The van der Waals surface area contributed by atoms with Crippen LogP contribution in [-0.4, -0.2) is 43.3 Å². The average Bonchev–Trinajstić information content (AvgIpc) is 3.29. The lowest BCUT2D eigenvalue weighted by Crippen LogP contribution is -2.44. The van der Waals surface area contributed by atoms with Crippen molar-refractivity contribution in [3.63, 3.8) is 0 Å². The molecule has 1 amide bonds. The number of carbonyl (C=O) groups excluding carboxylic acids is 1. The fourth-order valence-corrected chi connectivity index (χ4v) is 4.51. The summed E-state index contributed by atoms with van der Waals surface area (Å²) in [7, 11) is 3.16. The number of amides is 1. The molecule has 0 heterocycles. The molecule has 154 valence electrons. The van der Waals surface area contributed by atoms with Crippen molar-refractivity contribution in [2.75, 3.05) is 14.2 Å². The fourth-order valence-electron chi connectivity index (χ4n) is 4.51. The highest BCUT2D eigenvalue weighted by molar-refractivity contribution is 5.84. The molecule has 28 heavy (non-hydrogen) atoms. The van der Waals surface area contributed by atoms with Crippen molar-refractivity contribution in [1.82, 2.24) is 5.32 Å². The van der Waals surface area contributed by atoms with Crippen LogP contribution in [0.4, 0.5) is 0 Å². The molecule has 2 aliphatic carbocycles. The summed E-state index contributed by atoms with van der Waals surface area (Å²) in [5.74, 6) is -0.412. The number of hydrogen-bond acceptors (Lipinski definition) is 4. The van der Waals surface area contributed by atoms with Gasteiger partial charge in [0.05, 0.1) is 24.5 Å². The van der Waals surface area contributed by atoms with Crippen LogP contribution in [0.5, 0.6) is 5.75 Å². The Morgan fingerprint density at radius 3 is 2.39 bits per heavy atom. The topological polar surface area (TPSA) is 84.9 Å². The maximum absolute atomic E-state index is 13.2. The largest absolute Gasteiger partial charge is 0.497 e. The lowest BCUT2D eigenvalue weighted by Gasteiger charge is -2.32. The minimum atomic E-state index is -0.893. The van der Waals surface area contributed by atoms with Crippen LogP contribution < -0.4 is 10.1 Å². The summed E-state index contributed by atoms with van der Waals surface area (Å²) in [4.78, 5) is 25.0. The summed E-state index contributed by atoms with van der Waals surface area (Å²) >= 11 is 0. The van der Waals surface area contributed by atoms with Crippen LogP contribution in [0.1, 0.15) is 56.9 Å². The van der Waals surface area contributed by atoms with Crippen molar-refractivity contribution in [2.24, 2.45) is 11.3 Å². The molecule has 2 N–H and O–H groups in total. The van der Waals surface area contributed by atoms with E-state index in [2.05, 4.69) is 5.32 Å². The monoisotopic (exact) mass is 389 g/mol. The summed E-state index contributed by atoms with van der Waals surface area (Å²) in [5.41, 5.74) is 0.603. The Labute approximate surface area is 166 Å². The summed E-state index contributed by atoms with van der Waals surface area (Å²) in [6, 6.07) is 8.09. The normalized spacial score (nSPS) is 25.0. The summed E-state index contributed by atoms with van der Waals surface area (Å²) in [6.45, 7) is 1.76. The number of rotatable bonds is 9. The Kier molecular flexibility index (Phi) is 6.28. The third-order valence-electron chi connectivity index (χ3n) is 6.56. The summed E-state index contributed by atoms with van der Waals surface area (Å²) < 4.78 is 10.5. The Hall–Kier alpha value is -2.08. The minimum absolute atomic E-state index is 0.0144. The molecule has 0 radical (unpaired) electrons. The van der Waals surface area contributed by atoms with Gasteiger partial charge in [0.2, 0.25) is 5.91 Å². The number of carboxylic acids is 1. The average molecular weight is 389 g/mol. The Bertz CT molecular complexity index is 695. The zero-order chi connectivity index (χ0) is 20.3. The van der Waals surface area contributed by atoms with Crippen molar-refractivity contribution in [1.29, 1.82) is 0 Å². The van der Waals surface area contributed by atoms with Crippen molar-refractivity contribution in [3.05, 3.63) is 29.8 Å². The molecule has 0 saturated heterocycles. The number of ether oxygens (including phenoxy) is 2. The van der Waals surface area contributed by atoms with Crippen LogP contribution in [0.2, 0.25) is 0 Å². The Balaban J connectivity index is 1.66. The SMILES string of the molecule is COc1ccc([C@@H]2C[C@H]2NC(=O)C2(CC(C(=O)O)C(C)OC)CCCC2)cc1. The highest BCUT2D eigenvalue weighted by Gasteiger charge is 2.48. The van der Waals surface area contributed by atoms with Crippen molar-refractivity contribution >= 4 is 11.9 Å². The molecule has 0 spiro atoms. The molecule has 6 heteroatoms. The highest BCUT2D eigenvalue weighted by Crippen LogP contribution is 2.47. The molecule has 1 aromatic rings. The van der Waals surface area contributed by atoms with Crippen LogP contribution in [0.3, 0.4) is 0 Å². The molecule has 0 aromatic heterocycles. The predicted molar refractivity (Wildman–Crippen MR) is 105 cm³/mol. The molecule has 2 fully saturated rings. The Morgan fingerprint density at radius 1 is 1.21 bits per heavy atom. The van der Waals surface area contributed by atoms with Gasteiger partial charge in [-0.05, 0) is 50.3 Å². The van der Waals surface area contributed by atoms with Crippen LogP contribution in [0.15, 0.2) is 24.3 Å². The van der Waals surface area contributed by atoms with Gasteiger partial charge in [-0.15, -0.1) is 0 Å².